The van der Waals surface area contributed by atoms with Crippen LogP contribution in [0.5, 0.6) is 11.5 Å². The van der Waals surface area contributed by atoms with Gasteiger partial charge in [-0.3, -0.25) is 0 Å². The van der Waals surface area contributed by atoms with Gasteiger partial charge in [-0.1, -0.05) is 53.7 Å². The molecule has 0 bridgehead atoms. The number of benzene rings is 3. The molecule has 1 N–H and O–H groups in total. The van der Waals surface area contributed by atoms with Crippen LogP contribution in [0.15, 0.2) is 92.4 Å². The summed E-state index contributed by atoms with van der Waals surface area (Å²) in [4.78, 5) is 17.7. The lowest BCUT2D eigenvalue weighted by Crippen LogP contribution is -2.12. The van der Waals surface area contributed by atoms with Gasteiger partial charge in [-0.05, 0) is 83.4 Å². The van der Waals surface area contributed by atoms with E-state index in [-0.39, 0.29) is 17.9 Å². The van der Waals surface area contributed by atoms with Crippen molar-refractivity contribution in [3.8, 4) is 11.5 Å². The second kappa shape index (κ2) is 13.0. The third-order valence-corrected chi connectivity index (χ3v) is 7.14. The number of halogens is 2. The molecule has 0 fully saturated rings. The van der Waals surface area contributed by atoms with Crippen LogP contribution in [0.2, 0.25) is 5.02 Å². The summed E-state index contributed by atoms with van der Waals surface area (Å²) in [6.07, 6.45) is 1.77. The summed E-state index contributed by atoms with van der Waals surface area (Å²) in [6, 6.07) is 20.3. The molecule has 0 saturated heterocycles. The lowest BCUT2D eigenvalue weighted by atomic mass is 10.1. The van der Waals surface area contributed by atoms with E-state index in [0.717, 1.165) is 11.1 Å². The zero-order valence-corrected chi connectivity index (χ0v) is 23.9. The number of thioether (sulfide) groups is 1. The number of hydrogen-bond acceptors (Lipinski definition) is 7. The number of aliphatic hydroxyl groups is 1. The van der Waals surface area contributed by atoms with Crippen molar-refractivity contribution in [2.45, 2.75) is 20.5 Å². The summed E-state index contributed by atoms with van der Waals surface area (Å²) in [5.74, 6) is 0.289. The summed E-state index contributed by atoms with van der Waals surface area (Å²) in [5, 5.41) is 12.0. The summed E-state index contributed by atoms with van der Waals surface area (Å²) in [6.45, 7) is 4.55. The van der Waals surface area contributed by atoms with Crippen LogP contribution in [0.25, 0.3) is 6.08 Å². The monoisotopic (exact) mass is 613 g/mol. The minimum Gasteiger partial charge on any atom is -0.506 e. The predicted molar refractivity (Wildman–Crippen MR) is 156 cm³/mol. The first-order chi connectivity index (χ1) is 18.4. The maximum Gasteiger partial charge on any atom is 0.344 e. The van der Waals surface area contributed by atoms with E-state index in [9.17, 15) is 9.90 Å². The standard InChI is InChI=1S/C29H25BrClNO5S/c1-3-35-23-15-19(14-22(30)27(23)37-17-18-10-12-20(31)13-11-18)16-24-26(33)25(29(34)36-4-2)28(38-24)32-21-8-6-5-7-9-21/h5-16,33H,3-4,17H2,1-2H3/b24-16-,32-28?. The largest absolute Gasteiger partial charge is 0.506 e. The molecular formula is C29H25BrClNO5S. The average molecular weight is 615 g/mol. The number of aliphatic imine (C=N–C) groups is 1. The van der Waals surface area contributed by atoms with Crippen molar-refractivity contribution in [1.29, 1.82) is 0 Å². The van der Waals surface area contributed by atoms with Crippen molar-refractivity contribution in [2.24, 2.45) is 4.99 Å². The number of carbonyl (C=O) groups is 1. The highest BCUT2D eigenvalue weighted by molar-refractivity contribution is 9.10. The molecule has 0 radical (unpaired) electrons. The molecule has 6 nitrogen and oxygen atoms in total. The van der Waals surface area contributed by atoms with E-state index in [1.165, 1.54) is 11.8 Å². The highest BCUT2D eigenvalue weighted by Crippen LogP contribution is 2.42. The lowest BCUT2D eigenvalue weighted by Gasteiger charge is -2.15. The zero-order valence-electron chi connectivity index (χ0n) is 20.7. The second-order valence-corrected chi connectivity index (χ2v) is 10.3. The minimum absolute atomic E-state index is 0.0407. The van der Waals surface area contributed by atoms with Crippen LogP contribution in [0.3, 0.4) is 0 Å². The van der Waals surface area contributed by atoms with Crippen LogP contribution in [-0.4, -0.2) is 29.3 Å². The Hall–Kier alpha value is -3.20. The van der Waals surface area contributed by atoms with Gasteiger partial charge in [-0.2, -0.15) is 0 Å². The van der Waals surface area contributed by atoms with Crippen molar-refractivity contribution in [3.05, 3.63) is 104 Å². The molecule has 9 heteroatoms. The summed E-state index contributed by atoms with van der Waals surface area (Å²) >= 11 is 10.8. The fourth-order valence-corrected chi connectivity index (χ4v) is 5.31. The Morgan fingerprint density at radius 1 is 1.05 bits per heavy atom. The molecule has 1 aliphatic heterocycles. The van der Waals surface area contributed by atoms with Crippen LogP contribution >= 0.6 is 39.3 Å². The first-order valence-electron chi connectivity index (χ1n) is 11.9. The third-order valence-electron chi connectivity index (χ3n) is 5.28. The Kier molecular flexibility index (Phi) is 9.55. The molecule has 3 aromatic carbocycles. The Morgan fingerprint density at radius 2 is 1.79 bits per heavy atom. The lowest BCUT2D eigenvalue weighted by molar-refractivity contribution is -0.138. The Labute approximate surface area is 239 Å². The van der Waals surface area contributed by atoms with Crippen LogP contribution in [0.4, 0.5) is 5.69 Å². The van der Waals surface area contributed by atoms with Gasteiger partial charge in [-0.15, -0.1) is 0 Å². The number of aliphatic hydroxyl groups excluding tert-OH is 1. The van der Waals surface area contributed by atoms with Gasteiger partial charge >= 0.3 is 5.97 Å². The van der Waals surface area contributed by atoms with Crippen LogP contribution in [0.1, 0.15) is 25.0 Å². The molecule has 0 aliphatic carbocycles. The van der Waals surface area contributed by atoms with Gasteiger partial charge in [0.05, 0.1) is 28.3 Å². The predicted octanol–water partition coefficient (Wildman–Crippen LogP) is 8.27. The van der Waals surface area contributed by atoms with Gasteiger partial charge < -0.3 is 19.3 Å². The van der Waals surface area contributed by atoms with Crippen molar-refractivity contribution in [3.63, 3.8) is 0 Å². The highest BCUT2D eigenvalue weighted by Gasteiger charge is 2.33. The maximum atomic E-state index is 12.7. The van der Waals surface area contributed by atoms with Gasteiger partial charge in [0.15, 0.2) is 11.5 Å². The normalized spacial score (nSPS) is 15.3. The molecule has 3 aromatic rings. The molecule has 4 rings (SSSR count). The zero-order chi connectivity index (χ0) is 27.1. The number of rotatable bonds is 9. The van der Waals surface area contributed by atoms with Crippen molar-refractivity contribution in [2.75, 3.05) is 13.2 Å². The molecule has 196 valence electrons. The van der Waals surface area contributed by atoms with Crippen LogP contribution in [-0.2, 0) is 16.1 Å². The van der Waals surface area contributed by atoms with Crippen molar-refractivity contribution < 1.29 is 24.1 Å². The van der Waals surface area contributed by atoms with Crippen LogP contribution in [0, 0.1) is 0 Å². The van der Waals surface area contributed by atoms with E-state index >= 15 is 0 Å². The van der Waals surface area contributed by atoms with Crippen molar-refractivity contribution >= 4 is 62.1 Å². The molecule has 0 spiro atoms. The topological polar surface area (TPSA) is 77.4 Å². The number of para-hydroxylation sites is 1. The molecule has 1 heterocycles. The fraction of sp³-hybridized carbons (Fsp3) is 0.172. The van der Waals surface area contributed by atoms with E-state index < -0.39 is 5.97 Å². The van der Waals surface area contributed by atoms with E-state index in [2.05, 4.69) is 20.9 Å². The van der Waals surface area contributed by atoms with E-state index in [1.807, 2.05) is 73.7 Å². The molecule has 0 amide bonds. The number of hydrogen-bond donors (Lipinski definition) is 1. The molecule has 1 aliphatic rings. The second-order valence-electron chi connectivity index (χ2n) is 7.99. The van der Waals surface area contributed by atoms with E-state index in [0.29, 0.717) is 49.8 Å². The van der Waals surface area contributed by atoms with Gasteiger partial charge in [0.25, 0.3) is 0 Å². The maximum absolute atomic E-state index is 12.7. The van der Waals surface area contributed by atoms with Crippen LogP contribution < -0.4 is 9.47 Å². The molecule has 0 saturated carbocycles. The molecule has 0 atom stereocenters. The Bertz CT molecular complexity index is 1400. The first kappa shape index (κ1) is 27.8. The smallest absolute Gasteiger partial charge is 0.344 e. The average Bonchev–Trinajstić information content (AvgIpc) is 3.19. The number of nitrogens with zero attached hydrogens (tertiary/aromatic N) is 1. The minimum atomic E-state index is -0.627. The van der Waals surface area contributed by atoms with Gasteiger partial charge in [0.2, 0.25) is 0 Å². The Balaban J connectivity index is 1.67. The highest BCUT2D eigenvalue weighted by atomic mass is 79.9. The fourth-order valence-electron chi connectivity index (χ4n) is 3.57. The molecule has 0 unspecified atom stereocenters. The summed E-state index contributed by atoms with van der Waals surface area (Å²) in [5.41, 5.74) is 2.40. The quantitative estimate of drug-likeness (QED) is 0.245. The summed E-state index contributed by atoms with van der Waals surface area (Å²) in [7, 11) is 0. The molecular weight excluding hydrogens is 590 g/mol. The molecule has 0 aromatic heterocycles. The SMILES string of the molecule is CCOC(=O)C1=C(O)/C(=C/c2cc(Br)c(OCc3ccc(Cl)cc3)c(OCC)c2)SC1=Nc1ccccc1. The van der Waals surface area contributed by atoms with Crippen molar-refractivity contribution in [1.82, 2.24) is 0 Å². The van der Waals surface area contributed by atoms with E-state index in [1.54, 1.807) is 13.0 Å². The number of carbonyl (C=O) groups excluding carboxylic acids is 1. The van der Waals surface area contributed by atoms with Gasteiger partial charge in [0, 0.05) is 5.02 Å². The summed E-state index contributed by atoms with van der Waals surface area (Å²) < 4.78 is 17.8. The third kappa shape index (κ3) is 6.81. The first-order valence-corrected chi connectivity index (χ1v) is 13.9. The number of ether oxygens (including phenoxy) is 3. The Morgan fingerprint density at radius 3 is 2.47 bits per heavy atom. The number of esters is 1. The molecule has 38 heavy (non-hydrogen) atoms. The van der Waals surface area contributed by atoms with Gasteiger partial charge in [0.1, 0.15) is 23.0 Å². The van der Waals surface area contributed by atoms with Gasteiger partial charge in [-0.25, -0.2) is 9.79 Å². The van der Waals surface area contributed by atoms with E-state index in [4.69, 9.17) is 25.8 Å².